The molecule has 0 amide bonds. The Morgan fingerprint density at radius 2 is 2.27 bits per heavy atom. The number of hydrogen-bond acceptors (Lipinski definition) is 2. The number of hydrogen-bond donors (Lipinski definition) is 1. The fraction of sp³-hybridized carbons (Fsp3) is 0.333. The van der Waals surface area contributed by atoms with Crippen molar-refractivity contribution in [1.82, 2.24) is 4.90 Å². The number of halogens is 1. The number of nitrogen functional groups attached to an aromatic ring is 1. The van der Waals surface area contributed by atoms with Crippen LogP contribution in [0.15, 0.2) is 30.9 Å². The average molecular weight is 225 g/mol. The van der Waals surface area contributed by atoms with E-state index in [2.05, 4.69) is 18.4 Å². The van der Waals surface area contributed by atoms with Crippen molar-refractivity contribution in [2.24, 2.45) is 0 Å². The smallest absolute Gasteiger partial charge is 0.0638 e. The van der Waals surface area contributed by atoms with Crippen molar-refractivity contribution in [3.05, 3.63) is 41.4 Å². The van der Waals surface area contributed by atoms with Gasteiger partial charge in [0.2, 0.25) is 0 Å². The van der Waals surface area contributed by atoms with Gasteiger partial charge in [-0.15, -0.1) is 6.58 Å². The molecule has 0 aliphatic heterocycles. The quantitative estimate of drug-likeness (QED) is 0.616. The molecule has 1 aromatic rings. The van der Waals surface area contributed by atoms with E-state index < -0.39 is 0 Å². The number of nitrogens with two attached hydrogens (primary N) is 1. The zero-order chi connectivity index (χ0) is 11.3. The van der Waals surface area contributed by atoms with Gasteiger partial charge in [-0.2, -0.15) is 0 Å². The Kier molecular flexibility index (Phi) is 4.66. The van der Waals surface area contributed by atoms with Gasteiger partial charge in [-0.3, -0.25) is 4.90 Å². The van der Waals surface area contributed by atoms with Gasteiger partial charge in [0.15, 0.2) is 0 Å². The molecule has 0 heterocycles. The lowest BCUT2D eigenvalue weighted by Crippen LogP contribution is -2.22. The highest BCUT2D eigenvalue weighted by Crippen LogP contribution is 2.20. The van der Waals surface area contributed by atoms with Crippen LogP contribution in [0.2, 0.25) is 5.02 Å². The van der Waals surface area contributed by atoms with E-state index in [0.717, 1.165) is 19.6 Å². The van der Waals surface area contributed by atoms with E-state index in [1.165, 1.54) is 5.56 Å². The van der Waals surface area contributed by atoms with Crippen LogP contribution in [0.1, 0.15) is 12.5 Å². The summed E-state index contributed by atoms with van der Waals surface area (Å²) in [7, 11) is 0. The molecule has 0 radical (unpaired) electrons. The van der Waals surface area contributed by atoms with Gasteiger partial charge in [-0.05, 0) is 24.2 Å². The summed E-state index contributed by atoms with van der Waals surface area (Å²) >= 11 is 5.95. The summed E-state index contributed by atoms with van der Waals surface area (Å²) < 4.78 is 0. The molecule has 3 heteroatoms. The van der Waals surface area contributed by atoms with Crippen molar-refractivity contribution >= 4 is 17.3 Å². The van der Waals surface area contributed by atoms with Gasteiger partial charge < -0.3 is 5.73 Å². The topological polar surface area (TPSA) is 29.3 Å². The molecule has 0 spiro atoms. The van der Waals surface area contributed by atoms with E-state index in [1.807, 2.05) is 24.3 Å². The molecule has 0 unspecified atom stereocenters. The summed E-state index contributed by atoms with van der Waals surface area (Å²) in [6.45, 7) is 8.62. The zero-order valence-electron chi connectivity index (χ0n) is 9.04. The van der Waals surface area contributed by atoms with Crippen LogP contribution in [0.3, 0.4) is 0 Å². The summed E-state index contributed by atoms with van der Waals surface area (Å²) in [4.78, 5) is 2.27. The molecule has 1 rings (SSSR count). The fourth-order valence-corrected chi connectivity index (χ4v) is 1.62. The first-order valence-electron chi connectivity index (χ1n) is 5.04. The second-order valence-corrected chi connectivity index (χ2v) is 3.88. The number of anilines is 1. The average Bonchev–Trinajstić information content (AvgIpc) is 2.23. The maximum atomic E-state index is 5.95. The Labute approximate surface area is 96.3 Å². The van der Waals surface area contributed by atoms with Gasteiger partial charge in [0.05, 0.1) is 10.7 Å². The zero-order valence-corrected chi connectivity index (χ0v) is 9.80. The van der Waals surface area contributed by atoms with Crippen LogP contribution in [0.4, 0.5) is 5.69 Å². The van der Waals surface area contributed by atoms with Crippen molar-refractivity contribution in [3.8, 4) is 0 Å². The number of benzene rings is 1. The highest BCUT2D eigenvalue weighted by Gasteiger charge is 2.03. The molecule has 0 saturated carbocycles. The van der Waals surface area contributed by atoms with Crippen LogP contribution in [-0.4, -0.2) is 18.0 Å². The maximum Gasteiger partial charge on any atom is 0.0638 e. The number of nitrogens with zero attached hydrogens (tertiary/aromatic N) is 1. The molecule has 0 atom stereocenters. The fourth-order valence-electron chi connectivity index (χ4n) is 1.42. The largest absolute Gasteiger partial charge is 0.398 e. The Hall–Kier alpha value is -0.990. The lowest BCUT2D eigenvalue weighted by Gasteiger charge is -2.18. The van der Waals surface area contributed by atoms with E-state index in [4.69, 9.17) is 17.3 Å². The Morgan fingerprint density at radius 3 is 2.80 bits per heavy atom. The third-order valence-corrected chi connectivity index (χ3v) is 2.63. The van der Waals surface area contributed by atoms with E-state index >= 15 is 0 Å². The SMILES string of the molecule is C=CCN(CC)Cc1ccc(N)c(Cl)c1. The lowest BCUT2D eigenvalue weighted by atomic mass is 10.2. The molecular weight excluding hydrogens is 208 g/mol. The van der Waals surface area contributed by atoms with Gasteiger partial charge in [0, 0.05) is 13.1 Å². The molecule has 2 nitrogen and oxygen atoms in total. The predicted molar refractivity (Wildman–Crippen MR) is 67.0 cm³/mol. The summed E-state index contributed by atoms with van der Waals surface area (Å²) in [6.07, 6.45) is 1.91. The molecule has 0 saturated heterocycles. The van der Waals surface area contributed by atoms with Crippen molar-refractivity contribution in [2.75, 3.05) is 18.8 Å². The summed E-state index contributed by atoms with van der Waals surface area (Å²) in [6, 6.07) is 5.77. The highest BCUT2D eigenvalue weighted by atomic mass is 35.5. The first kappa shape index (κ1) is 12.1. The third-order valence-electron chi connectivity index (χ3n) is 2.31. The van der Waals surface area contributed by atoms with Crippen LogP contribution < -0.4 is 5.73 Å². The lowest BCUT2D eigenvalue weighted by molar-refractivity contribution is 0.311. The molecule has 0 fully saturated rings. The minimum absolute atomic E-state index is 0.627. The second-order valence-electron chi connectivity index (χ2n) is 3.47. The maximum absolute atomic E-state index is 5.95. The van der Waals surface area contributed by atoms with E-state index in [0.29, 0.717) is 10.7 Å². The number of likely N-dealkylation sites (N-methyl/N-ethyl adjacent to an activating group) is 1. The van der Waals surface area contributed by atoms with Gasteiger partial charge in [0.25, 0.3) is 0 Å². The minimum Gasteiger partial charge on any atom is -0.398 e. The molecule has 2 N–H and O–H groups in total. The molecular formula is C12H17ClN2. The molecule has 82 valence electrons. The Balaban J connectivity index is 2.70. The van der Waals surface area contributed by atoms with Crippen LogP contribution >= 0.6 is 11.6 Å². The molecule has 0 aliphatic carbocycles. The Bertz CT molecular complexity index is 336. The highest BCUT2D eigenvalue weighted by molar-refractivity contribution is 6.33. The minimum atomic E-state index is 0.627. The second kappa shape index (κ2) is 5.79. The van der Waals surface area contributed by atoms with E-state index in [-0.39, 0.29) is 0 Å². The van der Waals surface area contributed by atoms with Crippen LogP contribution in [-0.2, 0) is 6.54 Å². The van der Waals surface area contributed by atoms with Crippen molar-refractivity contribution in [1.29, 1.82) is 0 Å². The van der Waals surface area contributed by atoms with Gasteiger partial charge in [-0.1, -0.05) is 30.7 Å². The first-order valence-corrected chi connectivity index (χ1v) is 5.42. The van der Waals surface area contributed by atoms with Gasteiger partial charge >= 0.3 is 0 Å². The van der Waals surface area contributed by atoms with E-state index in [1.54, 1.807) is 0 Å². The molecule has 15 heavy (non-hydrogen) atoms. The normalized spacial score (nSPS) is 10.6. The van der Waals surface area contributed by atoms with Crippen LogP contribution in [0.25, 0.3) is 0 Å². The summed E-state index contributed by atoms with van der Waals surface area (Å²) in [5.41, 5.74) is 7.46. The van der Waals surface area contributed by atoms with Gasteiger partial charge in [0.1, 0.15) is 0 Å². The standard InChI is InChI=1S/C12H17ClN2/c1-3-7-15(4-2)9-10-5-6-12(14)11(13)8-10/h3,5-6,8H,1,4,7,9,14H2,2H3. The van der Waals surface area contributed by atoms with Crippen molar-refractivity contribution in [2.45, 2.75) is 13.5 Å². The number of rotatable bonds is 5. The van der Waals surface area contributed by atoms with Crippen molar-refractivity contribution in [3.63, 3.8) is 0 Å². The third kappa shape index (κ3) is 3.57. The first-order chi connectivity index (χ1) is 7.17. The molecule has 0 bridgehead atoms. The summed E-state index contributed by atoms with van der Waals surface area (Å²) in [5.74, 6) is 0. The van der Waals surface area contributed by atoms with E-state index in [9.17, 15) is 0 Å². The molecule has 0 aliphatic rings. The predicted octanol–water partition coefficient (Wildman–Crippen LogP) is 2.93. The van der Waals surface area contributed by atoms with Crippen LogP contribution in [0, 0.1) is 0 Å². The summed E-state index contributed by atoms with van der Waals surface area (Å²) in [5, 5.41) is 0.627. The molecule has 1 aromatic carbocycles. The van der Waals surface area contributed by atoms with Crippen LogP contribution in [0.5, 0.6) is 0 Å². The monoisotopic (exact) mass is 224 g/mol. The van der Waals surface area contributed by atoms with Crippen molar-refractivity contribution < 1.29 is 0 Å². The Morgan fingerprint density at radius 1 is 1.53 bits per heavy atom. The molecule has 0 aromatic heterocycles. The van der Waals surface area contributed by atoms with Gasteiger partial charge in [-0.25, -0.2) is 0 Å².